The minimum Gasteiger partial charge on any atom is -0.667 e. The largest absolute Gasteiger partial charge is 0.667 e. The molecule has 2 aromatic heterocycles. The first-order chi connectivity index (χ1) is 24.3. The van der Waals surface area contributed by atoms with Gasteiger partial charge in [-0.25, -0.2) is 4.98 Å². The number of hydrogen-bond acceptors (Lipinski definition) is 7. The second kappa shape index (κ2) is 16.5. The van der Waals surface area contributed by atoms with Crippen LogP contribution in [0.4, 0.5) is 5.82 Å². The molecule has 3 aliphatic rings. The van der Waals surface area contributed by atoms with Gasteiger partial charge in [-0.3, -0.25) is 0 Å². The molecule has 2 heterocycles. The van der Waals surface area contributed by atoms with Gasteiger partial charge in [-0.15, -0.1) is 0 Å². The highest BCUT2D eigenvalue weighted by molar-refractivity contribution is 5.45. The molecule has 6 rings (SSSR count). The number of phenols is 1. The van der Waals surface area contributed by atoms with Crippen LogP contribution in [0.2, 0.25) is 0 Å². The summed E-state index contributed by atoms with van der Waals surface area (Å²) in [6.45, 7) is 1.92. The number of fused-ring (bicyclic) bond motifs is 1. The molecular formula is C42H54N3O5-. The second-order valence-electron chi connectivity index (χ2n) is 14.8. The Morgan fingerprint density at radius 2 is 1.82 bits per heavy atom. The van der Waals surface area contributed by atoms with Crippen molar-refractivity contribution in [2.45, 2.75) is 120 Å². The Bertz CT molecular complexity index is 1620. The number of allylic oxidation sites excluding steroid dienone is 2. The Kier molecular flexibility index (Phi) is 11.9. The highest BCUT2D eigenvalue weighted by Crippen LogP contribution is 2.51. The van der Waals surface area contributed by atoms with Crippen LogP contribution in [0, 0.1) is 29.6 Å². The standard InChI is InChI=1S/C42H54N3O5/c1-2-28-9-4-5-10-36(48)41-29(13-12-28)14-15-30(23-37(41)49)31-16-17-35(47)38(24-31)50-33(27-46)26-34(32-18-22-45-40(43)25-32)42(19-6-3-7-20-42)39-11-8-21-44-39/h8,11,14-18,21-22,24-25,28-30,33-34,36-37,41,46-49H,2-7,9-10,19-20,23,26-27H2,1H3,(H2,43,45)/q-1. The van der Waals surface area contributed by atoms with Crippen molar-refractivity contribution in [3.8, 4) is 23.3 Å². The Morgan fingerprint density at radius 3 is 2.56 bits per heavy atom. The third-order valence-corrected chi connectivity index (χ3v) is 11.7. The van der Waals surface area contributed by atoms with Crippen LogP contribution in [-0.2, 0) is 5.41 Å². The summed E-state index contributed by atoms with van der Waals surface area (Å²) in [7, 11) is 0. The molecule has 50 heavy (non-hydrogen) atoms. The van der Waals surface area contributed by atoms with Gasteiger partial charge in [0.1, 0.15) is 11.9 Å². The van der Waals surface area contributed by atoms with Crippen molar-refractivity contribution in [2.24, 2.45) is 17.8 Å². The van der Waals surface area contributed by atoms with E-state index in [1.165, 1.54) is 6.42 Å². The Balaban J connectivity index is 1.28. The third-order valence-electron chi connectivity index (χ3n) is 11.7. The van der Waals surface area contributed by atoms with Crippen molar-refractivity contribution in [1.29, 1.82) is 0 Å². The topological polar surface area (TPSA) is 143 Å². The predicted octanol–water partition coefficient (Wildman–Crippen LogP) is 6.74. The predicted molar refractivity (Wildman–Crippen MR) is 196 cm³/mol. The van der Waals surface area contributed by atoms with E-state index in [9.17, 15) is 20.4 Å². The van der Waals surface area contributed by atoms with E-state index in [-0.39, 0.29) is 47.2 Å². The van der Waals surface area contributed by atoms with E-state index in [0.717, 1.165) is 68.2 Å². The fourth-order valence-electron chi connectivity index (χ4n) is 8.92. The van der Waals surface area contributed by atoms with Gasteiger partial charge in [0.25, 0.3) is 0 Å². The minimum atomic E-state index is -0.753. The molecule has 0 amide bonds. The molecule has 8 heteroatoms. The molecule has 1 fully saturated rings. The van der Waals surface area contributed by atoms with E-state index in [4.69, 9.17) is 15.5 Å². The number of pyridine rings is 1. The maximum atomic E-state index is 11.5. The Hall–Kier alpha value is -3.77. The quantitative estimate of drug-likeness (QED) is 0.117. The van der Waals surface area contributed by atoms with Gasteiger partial charge in [-0.05, 0) is 91.7 Å². The molecule has 3 aliphatic carbocycles. The third kappa shape index (κ3) is 8.07. The minimum absolute atomic E-state index is 0.0128. The lowest BCUT2D eigenvalue weighted by molar-refractivity contribution is -0.00706. The molecule has 1 saturated carbocycles. The number of hydrogen-bond donors (Lipinski definition) is 5. The van der Waals surface area contributed by atoms with Crippen molar-refractivity contribution >= 4 is 5.82 Å². The fraction of sp³-hybridized carbons (Fsp3) is 0.548. The number of anilines is 1. The van der Waals surface area contributed by atoms with Gasteiger partial charge < -0.3 is 35.9 Å². The summed E-state index contributed by atoms with van der Waals surface area (Å²) in [6, 6.07) is 13.3. The van der Waals surface area contributed by atoms with Crippen LogP contribution in [0.3, 0.4) is 0 Å². The van der Waals surface area contributed by atoms with Gasteiger partial charge in [-0.1, -0.05) is 81.2 Å². The number of nitrogen functional groups attached to an aromatic ring is 1. The Labute approximate surface area is 297 Å². The van der Waals surface area contributed by atoms with Crippen LogP contribution in [0.5, 0.6) is 11.5 Å². The number of nitrogens with two attached hydrogens (primary N) is 1. The van der Waals surface area contributed by atoms with Crippen molar-refractivity contribution < 1.29 is 25.2 Å². The molecule has 0 saturated heterocycles. The molecule has 268 valence electrons. The van der Waals surface area contributed by atoms with Crippen LogP contribution in [0.25, 0.3) is 0 Å². The molecule has 0 spiro atoms. The summed E-state index contributed by atoms with van der Waals surface area (Å²) in [6.07, 6.45) is 16.5. The van der Waals surface area contributed by atoms with E-state index in [1.807, 2.05) is 36.5 Å². The highest BCUT2D eigenvalue weighted by atomic mass is 16.5. The van der Waals surface area contributed by atoms with Gasteiger partial charge in [0.15, 0.2) is 11.5 Å². The molecule has 6 N–H and O–H groups in total. The van der Waals surface area contributed by atoms with Gasteiger partial charge in [0, 0.05) is 29.9 Å². The van der Waals surface area contributed by atoms with E-state index in [0.29, 0.717) is 31.0 Å². The fourth-order valence-corrected chi connectivity index (χ4v) is 8.92. The lowest BCUT2D eigenvalue weighted by atomic mass is 9.60. The average Bonchev–Trinajstić information content (AvgIpc) is 3.62. The van der Waals surface area contributed by atoms with Gasteiger partial charge in [-0.2, -0.15) is 11.9 Å². The van der Waals surface area contributed by atoms with E-state index in [1.54, 1.807) is 12.3 Å². The zero-order valence-corrected chi connectivity index (χ0v) is 29.3. The lowest BCUT2D eigenvalue weighted by Gasteiger charge is -2.48. The molecule has 0 radical (unpaired) electrons. The van der Waals surface area contributed by atoms with Crippen LogP contribution in [0.15, 0.2) is 67.0 Å². The normalized spacial score (nSPS) is 27.9. The molecule has 1 aromatic carbocycles. The summed E-state index contributed by atoms with van der Waals surface area (Å²) < 4.78 is 6.50. The smallest absolute Gasteiger partial charge is 0.161 e. The molecule has 8 atom stereocenters. The van der Waals surface area contributed by atoms with Crippen LogP contribution >= 0.6 is 0 Å². The number of aliphatic hydroxyl groups is 3. The van der Waals surface area contributed by atoms with Crippen molar-refractivity contribution in [3.05, 3.63) is 83.8 Å². The first kappa shape index (κ1) is 36.0. The van der Waals surface area contributed by atoms with Crippen LogP contribution in [0.1, 0.15) is 113 Å². The summed E-state index contributed by atoms with van der Waals surface area (Å²) >= 11 is 0. The van der Waals surface area contributed by atoms with Gasteiger partial charge in [0.2, 0.25) is 0 Å². The number of aromatic hydroxyl groups is 1. The molecule has 8 unspecified atom stereocenters. The summed E-state index contributed by atoms with van der Waals surface area (Å²) in [5, 5.41) is 44.5. The van der Waals surface area contributed by atoms with E-state index >= 15 is 0 Å². The lowest BCUT2D eigenvalue weighted by Crippen LogP contribution is -2.40. The molecule has 3 aromatic rings. The van der Waals surface area contributed by atoms with E-state index < -0.39 is 18.3 Å². The van der Waals surface area contributed by atoms with Crippen LogP contribution in [-0.4, -0.2) is 50.3 Å². The van der Waals surface area contributed by atoms with Crippen molar-refractivity contribution in [1.82, 2.24) is 9.97 Å². The van der Waals surface area contributed by atoms with Crippen molar-refractivity contribution in [3.63, 3.8) is 0 Å². The van der Waals surface area contributed by atoms with Gasteiger partial charge >= 0.3 is 0 Å². The zero-order chi connectivity index (χ0) is 35.1. The maximum Gasteiger partial charge on any atom is 0.161 e. The first-order valence-electron chi connectivity index (χ1n) is 18.8. The zero-order valence-electron chi connectivity index (χ0n) is 29.3. The first-order valence-corrected chi connectivity index (χ1v) is 18.8. The van der Waals surface area contributed by atoms with Crippen molar-refractivity contribution in [2.75, 3.05) is 12.3 Å². The summed E-state index contributed by atoms with van der Waals surface area (Å²) in [5.74, 6) is 7.09. The number of aromatic nitrogens is 2. The molecule has 0 bridgehead atoms. The maximum absolute atomic E-state index is 11.5. The summed E-state index contributed by atoms with van der Waals surface area (Å²) in [5.41, 5.74) is 8.92. The number of rotatable bonds is 10. The SMILES string of the molecule is CCC1C#CC2C=CC(c3ccc(O)c(OC(CO)CC(c4ccnc(N)c4)C4(c5ccc[n-]5)CCCCC4)c3)CC(O)C2C(O)CCCC1. The molecular weight excluding hydrogens is 626 g/mol. The van der Waals surface area contributed by atoms with E-state index in [2.05, 4.69) is 42.0 Å². The summed E-state index contributed by atoms with van der Waals surface area (Å²) in [4.78, 5) is 9.06. The number of phenolic OH excluding ortho intramolecular Hbond substituents is 1. The van der Waals surface area contributed by atoms with Gasteiger partial charge in [0.05, 0.1) is 18.8 Å². The number of ether oxygens (including phenoxy) is 1. The number of benzene rings is 1. The molecule has 0 aliphatic heterocycles. The number of nitrogens with zero attached hydrogens (tertiary/aromatic N) is 2. The highest BCUT2D eigenvalue weighted by Gasteiger charge is 2.42. The monoisotopic (exact) mass is 680 g/mol. The average molecular weight is 681 g/mol. The second-order valence-corrected chi connectivity index (χ2v) is 14.8. The number of aliphatic hydroxyl groups excluding tert-OH is 3. The molecule has 8 nitrogen and oxygen atoms in total. The Morgan fingerprint density at radius 1 is 1.00 bits per heavy atom. The van der Waals surface area contributed by atoms with Crippen LogP contribution < -0.4 is 15.5 Å².